The van der Waals surface area contributed by atoms with Crippen LogP contribution in [0.1, 0.15) is 44.3 Å². The molecule has 1 aromatic rings. The second kappa shape index (κ2) is 7.35. The number of ether oxygens (including phenoxy) is 1. The Kier molecular flexibility index (Phi) is 5.75. The molecular formula is C15H23NO4S. The van der Waals surface area contributed by atoms with Crippen molar-refractivity contribution in [2.75, 3.05) is 13.2 Å². The summed E-state index contributed by atoms with van der Waals surface area (Å²) in [4.78, 5) is 0.186. The molecule has 0 bridgehead atoms. The molecule has 2 unspecified atom stereocenters. The lowest BCUT2D eigenvalue weighted by Crippen LogP contribution is -2.29. The van der Waals surface area contributed by atoms with E-state index in [4.69, 9.17) is 4.74 Å². The van der Waals surface area contributed by atoms with Gasteiger partial charge in [0, 0.05) is 13.2 Å². The van der Waals surface area contributed by atoms with Gasteiger partial charge in [-0.25, -0.2) is 13.1 Å². The molecule has 5 nitrogen and oxygen atoms in total. The molecule has 1 heterocycles. The molecule has 2 N–H and O–H groups in total. The molecule has 0 aromatic heterocycles. The van der Waals surface area contributed by atoms with Crippen molar-refractivity contribution in [3.8, 4) is 0 Å². The summed E-state index contributed by atoms with van der Waals surface area (Å²) in [5.74, 6) is 0. The molecule has 1 aliphatic rings. The Labute approximate surface area is 126 Å². The van der Waals surface area contributed by atoms with Crippen molar-refractivity contribution < 1.29 is 18.3 Å². The van der Waals surface area contributed by atoms with Gasteiger partial charge in [0.15, 0.2) is 0 Å². The third-order valence-corrected chi connectivity index (χ3v) is 5.14. The summed E-state index contributed by atoms with van der Waals surface area (Å²) < 4.78 is 32.6. The number of hydrogen-bond donors (Lipinski definition) is 2. The Balaban J connectivity index is 1.93. The molecule has 1 aliphatic heterocycles. The van der Waals surface area contributed by atoms with Gasteiger partial charge in [-0.05, 0) is 50.3 Å². The summed E-state index contributed by atoms with van der Waals surface area (Å²) in [6.07, 6.45) is 3.40. The summed E-state index contributed by atoms with van der Waals surface area (Å²) in [5, 5.41) is 9.53. The van der Waals surface area contributed by atoms with Crippen LogP contribution >= 0.6 is 0 Å². The van der Waals surface area contributed by atoms with Gasteiger partial charge < -0.3 is 9.84 Å². The van der Waals surface area contributed by atoms with Crippen molar-refractivity contribution in [1.82, 2.24) is 4.72 Å². The zero-order valence-corrected chi connectivity index (χ0v) is 13.1. The molecule has 0 spiro atoms. The molecular weight excluding hydrogens is 290 g/mol. The van der Waals surface area contributed by atoms with Crippen LogP contribution in [0.15, 0.2) is 29.2 Å². The summed E-state index contributed by atoms with van der Waals surface area (Å²) in [6, 6.07) is 6.38. The SMILES string of the molecule is CC(O)c1cccc(S(=O)(=O)NCCC2CCCCO2)c1. The van der Waals surface area contributed by atoms with Gasteiger partial charge in [-0.1, -0.05) is 12.1 Å². The number of nitrogens with one attached hydrogen (secondary N) is 1. The molecule has 1 fully saturated rings. The third-order valence-electron chi connectivity index (χ3n) is 3.68. The minimum absolute atomic E-state index is 0.158. The molecule has 1 saturated heterocycles. The second-order valence-electron chi connectivity index (χ2n) is 5.42. The van der Waals surface area contributed by atoms with Gasteiger partial charge in [-0.15, -0.1) is 0 Å². The van der Waals surface area contributed by atoms with Gasteiger partial charge in [0.2, 0.25) is 10.0 Å². The average molecular weight is 313 g/mol. The minimum Gasteiger partial charge on any atom is -0.389 e. The fourth-order valence-electron chi connectivity index (χ4n) is 2.41. The molecule has 0 aliphatic carbocycles. The first-order chi connectivity index (χ1) is 9.99. The maximum Gasteiger partial charge on any atom is 0.240 e. The van der Waals surface area contributed by atoms with E-state index >= 15 is 0 Å². The zero-order valence-electron chi connectivity index (χ0n) is 12.3. The molecule has 0 saturated carbocycles. The van der Waals surface area contributed by atoms with Crippen LogP contribution in [0.25, 0.3) is 0 Å². The van der Waals surface area contributed by atoms with Gasteiger partial charge in [0.05, 0.1) is 17.1 Å². The monoisotopic (exact) mass is 313 g/mol. The van der Waals surface area contributed by atoms with Crippen LogP contribution in [0.5, 0.6) is 0 Å². The van der Waals surface area contributed by atoms with E-state index in [0.717, 1.165) is 25.9 Å². The standard InChI is InChI=1S/C15H23NO4S/c1-12(17)13-5-4-7-15(11-13)21(18,19)16-9-8-14-6-2-3-10-20-14/h4-5,7,11-12,14,16-17H,2-3,6,8-10H2,1H3. The van der Waals surface area contributed by atoms with Crippen LogP contribution in [-0.2, 0) is 14.8 Å². The molecule has 0 amide bonds. The topological polar surface area (TPSA) is 75.6 Å². The first-order valence-electron chi connectivity index (χ1n) is 7.38. The van der Waals surface area contributed by atoms with Gasteiger partial charge in [-0.3, -0.25) is 0 Å². The zero-order chi connectivity index (χ0) is 15.3. The van der Waals surface area contributed by atoms with Crippen LogP contribution < -0.4 is 4.72 Å². The summed E-state index contributed by atoms with van der Waals surface area (Å²) in [7, 11) is -3.53. The Morgan fingerprint density at radius 1 is 1.43 bits per heavy atom. The molecule has 2 rings (SSSR count). The van der Waals surface area contributed by atoms with Crippen molar-refractivity contribution >= 4 is 10.0 Å². The Morgan fingerprint density at radius 2 is 2.24 bits per heavy atom. The maximum atomic E-state index is 12.2. The minimum atomic E-state index is -3.53. The quantitative estimate of drug-likeness (QED) is 0.842. The second-order valence-corrected chi connectivity index (χ2v) is 7.19. The van der Waals surface area contributed by atoms with Crippen molar-refractivity contribution in [1.29, 1.82) is 0 Å². The smallest absolute Gasteiger partial charge is 0.240 e. The van der Waals surface area contributed by atoms with E-state index in [2.05, 4.69) is 4.72 Å². The first-order valence-corrected chi connectivity index (χ1v) is 8.86. The van der Waals surface area contributed by atoms with E-state index < -0.39 is 16.1 Å². The number of sulfonamides is 1. The van der Waals surface area contributed by atoms with Crippen LogP contribution in [0.4, 0.5) is 0 Å². The lowest BCUT2D eigenvalue weighted by molar-refractivity contribution is 0.0123. The fraction of sp³-hybridized carbons (Fsp3) is 0.600. The van der Waals surface area contributed by atoms with Crippen LogP contribution in [0.2, 0.25) is 0 Å². The summed E-state index contributed by atoms with van der Waals surface area (Å²) in [6.45, 7) is 2.75. The van der Waals surface area contributed by atoms with E-state index in [9.17, 15) is 13.5 Å². The van der Waals surface area contributed by atoms with Gasteiger partial charge >= 0.3 is 0 Å². The molecule has 118 valence electrons. The maximum absolute atomic E-state index is 12.2. The van der Waals surface area contributed by atoms with E-state index in [1.54, 1.807) is 19.1 Å². The van der Waals surface area contributed by atoms with Crippen LogP contribution in [-0.4, -0.2) is 32.8 Å². The Hall–Kier alpha value is -0.950. The normalized spacial score (nSPS) is 21.1. The number of hydrogen-bond acceptors (Lipinski definition) is 4. The molecule has 21 heavy (non-hydrogen) atoms. The van der Waals surface area contributed by atoms with Crippen molar-refractivity contribution in [3.05, 3.63) is 29.8 Å². The highest BCUT2D eigenvalue weighted by atomic mass is 32.2. The van der Waals surface area contributed by atoms with Crippen molar-refractivity contribution in [2.45, 2.75) is 49.7 Å². The van der Waals surface area contributed by atoms with Gasteiger partial charge in [-0.2, -0.15) is 0 Å². The van der Waals surface area contributed by atoms with E-state index in [1.807, 2.05) is 0 Å². The Bertz CT molecular complexity index is 551. The van der Waals surface area contributed by atoms with Gasteiger partial charge in [0.25, 0.3) is 0 Å². The lowest BCUT2D eigenvalue weighted by Gasteiger charge is -2.22. The lowest BCUT2D eigenvalue weighted by atomic mass is 10.1. The van der Waals surface area contributed by atoms with Crippen LogP contribution in [0.3, 0.4) is 0 Å². The van der Waals surface area contributed by atoms with Crippen molar-refractivity contribution in [2.24, 2.45) is 0 Å². The highest BCUT2D eigenvalue weighted by molar-refractivity contribution is 7.89. The highest BCUT2D eigenvalue weighted by Gasteiger charge is 2.18. The molecule has 0 radical (unpaired) electrons. The number of aliphatic hydroxyl groups is 1. The summed E-state index contributed by atoms with van der Waals surface area (Å²) in [5.41, 5.74) is 0.591. The third kappa shape index (κ3) is 4.78. The predicted octanol–water partition coefficient (Wildman–Crippen LogP) is 1.98. The van der Waals surface area contributed by atoms with Crippen molar-refractivity contribution in [3.63, 3.8) is 0 Å². The number of benzene rings is 1. The fourth-order valence-corrected chi connectivity index (χ4v) is 3.52. The summed E-state index contributed by atoms with van der Waals surface area (Å²) >= 11 is 0. The van der Waals surface area contributed by atoms with Gasteiger partial charge in [0.1, 0.15) is 0 Å². The molecule has 1 aromatic carbocycles. The average Bonchev–Trinajstić information content (AvgIpc) is 2.48. The molecule has 2 atom stereocenters. The largest absolute Gasteiger partial charge is 0.389 e. The first kappa shape index (κ1) is 16.4. The Morgan fingerprint density at radius 3 is 2.90 bits per heavy atom. The van der Waals surface area contributed by atoms with E-state index in [1.165, 1.54) is 12.1 Å². The number of aliphatic hydroxyl groups excluding tert-OH is 1. The highest BCUT2D eigenvalue weighted by Crippen LogP contribution is 2.18. The molecule has 6 heteroatoms. The number of rotatable bonds is 6. The van der Waals surface area contributed by atoms with E-state index in [0.29, 0.717) is 18.5 Å². The van der Waals surface area contributed by atoms with E-state index in [-0.39, 0.29) is 11.0 Å². The van der Waals surface area contributed by atoms with Crippen LogP contribution in [0, 0.1) is 0 Å². The predicted molar refractivity (Wildman–Crippen MR) is 80.5 cm³/mol.